The van der Waals surface area contributed by atoms with Gasteiger partial charge in [0.1, 0.15) is 6.61 Å². The molecule has 0 bridgehead atoms. The number of ether oxygens (including phenoxy) is 2. The van der Waals surface area contributed by atoms with Crippen molar-refractivity contribution in [1.29, 1.82) is 0 Å². The van der Waals surface area contributed by atoms with Crippen LogP contribution in [0.15, 0.2) is 53.3 Å². The molecule has 22 heavy (non-hydrogen) atoms. The van der Waals surface area contributed by atoms with Crippen LogP contribution in [0.5, 0.6) is 11.5 Å². The van der Waals surface area contributed by atoms with Crippen molar-refractivity contribution in [2.24, 2.45) is 7.05 Å². The zero-order valence-corrected chi connectivity index (χ0v) is 12.7. The summed E-state index contributed by atoms with van der Waals surface area (Å²) in [5, 5.41) is 0. The fourth-order valence-corrected chi connectivity index (χ4v) is 2.56. The standard InChI is InChI=1S/C17H18N2O3/c1-18-13-7-3-4-8-14(13)19(17(18)20)11-12-22-16-10-6-5-9-15(16)21-2/h3-10H,11-12H2,1-2H3. The Labute approximate surface area is 128 Å². The zero-order chi connectivity index (χ0) is 15.5. The fraction of sp³-hybridized carbons (Fsp3) is 0.235. The molecule has 5 nitrogen and oxygen atoms in total. The van der Waals surface area contributed by atoms with E-state index in [0.29, 0.717) is 24.7 Å². The Hall–Kier alpha value is -2.69. The summed E-state index contributed by atoms with van der Waals surface area (Å²) in [4.78, 5) is 12.3. The van der Waals surface area contributed by atoms with Crippen molar-refractivity contribution in [2.75, 3.05) is 13.7 Å². The Kier molecular flexibility index (Phi) is 3.87. The highest BCUT2D eigenvalue weighted by atomic mass is 16.5. The van der Waals surface area contributed by atoms with Gasteiger partial charge in [-0.25, -0.2) is 4.79 Å². The Morgan fingerprint density at radius 3 is 2.32 bits per heavy atom. The van der Waals surface area contributed by atoms with Crippen LogP contribution in [0.1, 0.15) is 0 Å². The lowest BCUT2D eigenvalue weighted by molar-refractivity contribution is 0.279. The van der Waals surface area contributed by atoms with Gasteiger partial charge in [-0.1, -0.05) is 24.3 Å². The van der Waals surface area contributed by atoms with E-state index in [4.69, 9.17) is 9.47 Å². The van der Waals surface area contributed by atoms with Crippen molar-refractivity contribution >= 4 is 11.0 Å². The number of aromatic nitrogens is 2. The van der Waals surface area contributed by atoms with Crippen LogP contribution in [0.2, 0.25) is 0 Å². The van der Waals surface area contributed by atoms with Gasteiger partial charge in [-0.15, -0.1) is 0 Å². The van der Waals surface area contributed by atoms with Crippen molar-refractivity contribution in [3.8, 4) is 11.5 Å². The van der Waals surface area contributed by atoms with Crippen LogP contribution in [0.3, 0.4) is 0 Å². The molecule has 0 atom stereocenters. The Balaban J connectivity index is 1.80. The minimum absolute atomic E-state index is 0.0372. The molecule has 114 valence electrons. The van der Waals surface area contributed by atoms with Crippen LogP contribution in [0, 0.1) is 0 Å². The number of benzene rings is 2. The van der Waals surface area contributed by atoms with E-state index >= 15 is 0 Å². The molecule has 0 amide bonds. The van der Waals surface area contributed by atoms with Crippen LogP contribution < -0.4 is 15.2 Å². The first kappa shape index (κ1) is 14.3. The minimum atomic E-state index is -0.0372. The van der Waals surface area contributed by atoms with Gasteiger partial charge in [0.15, 0.2) is 11.5 Å². The summed E-state index contributed by atoms with van der Waals surface area (Å²) in [5.74, 6) is 1.37. The van der Waals surface area contributed by atoms with E-state index in [1.165, 1.54) is 0 Å². The Bertz CT molecular complexity index is 848. The van der Waals surface area contributed by atoms with Crippen molar-refractivity contribution in [3.05, 3.63) is 59.0 Å². The third-order valence-corrected chi connectivity index (χ3v) is 3.69. The van der Waals surface area contributed by atoms with E-state index in [1.54, 1.807) is 23.3 Å². The smallest absolute Gasteiger partial charge is 0.328 e. The number of fused-ring (bicyclic) bond motifs is 1. The lowest BCUT2D eigenvalue weighted by Gasteiger charge is -2.10. The molecule has 0 unspecified atom stereocenters. The molecule has 0 aliphatic heterocycles. The van der Waals surface area contributed by atoms with E-state index in [0.717, 1.165) is 11.0 Å². The van der Waals surface area contributed by atoms with E-state index < -0.39 is 0 Å². The van der Waals surface area contributed by atoms with Gasteiger partial charge in [-0.2, -0.15) is 0 Å². The molecule has 1 aromatic heterocycles. The molecule has 0 fully saturated rings. The molecule has 3 rings (SSSR count). The van der Waals surface area contributed by atoms with Crippen molar-refractivity contribution in [3.63, 3.8) is 0 Å². The quantitative estimate of drug-likeness (QED) is 0.727. The average Bonchev–Trinajstić information content (AvgIpc) is 2.80. The molecular formula is C17H18N2O3. The van der Waals surface area contributed by atoms with Gasteiger partial charge in [0, 0.05) is 7.05 Å². The number of imidazole rings is 1. The van der Waals surface area contributed by atoms with Gasteiger partial charge >= 0.3 is 5.69 Å². The van der Waals surface area contributed by atoms with Gasteiger partial charge in [-0.3, -0.25) is 9.13 Å². The summed E-state index contributed by atoms with van der Waals surface area (Å²) in [6, 6.07) is 15.2. The van der Waals surface area contributed by atoms with Gasteiger partial charge in [0.2, 0.25) is 0 Å². The third-order valence-electron chi connectivity index (χ3n) is 3.69. The van der Waals surface area contributed by atoms with Crippen molar-refractivity contribution in [2.45, 2.75) is 6.54 Å². The van der Waals surface area contributed by atoms with Crippen molar-refractivity contribution in [1.82, 2.24) is 9.13 Å². The number of para-hydroxylation sites is 4. The third kappa shape index (κ3) is 2.45. The monoisotopic (exact) mass is 298 g/mol. The first-order valence-electron chi connectivity index (χ1n) is 7.12. The topological polar surface area (TPSA) is 45.4 Å². The maximum atomic E-state index is 12.3. The van der Waals surface area contributed by atoms with Gasteiger partial charge in [-0.05, 0) is 24.3 Å². The molecule has 2 aromatic carbocycles. The minimum Gasteiger partial charge on any atom is -0.493 e. The summed E-state index contributed by atoms with van der Waals surface area (Å²) < 4.78 is 14.4. The van der Waals surface area contributed by atoms with E-state index in [9.17, 15) is 4.79 Å². The number of hydrogen-bond acceptors (Lipinski definition) is 3. The SMILES string of the molecule is COc1ccccc1OCCn1c(=O)n(C)c2ccccc21. The summed E-state index contributed by atoms with van der Waals surface area (Å²) in [5.41, 5.74) is 1.80. The lowest BCUT2D eigenvalue weighted by Crippen LogP contribution is -2.24. The summed E-state index contributed by atoms with van der Waals surface area (Å²) >= 11 is 0. The predicted molar refractivity (Wildman–Crippen MR) is 85.7 cm³/mol. The molecule has 5 heteroatoms. The van der Waals surface area contributed by atoms with Crippen LogP contribution in [-0.4, -0.2) is 22.9 Å². The molecule has 0 saturated carbocycles. The highest BCUT2D eigenvalue weighted by Gasteiger charge is 2.10. The van der Waals surface area contributed by atoms with Crippen molar-refractivity contribution < 1.29 is 9.47 Å². The fourth-order valence-electron chi connectivity index (χ4n) is 2.56. The van der Waals surface area contributed by atoms with Crippen LogP contribution in [0.25, 0.3) is 11.0 Å². The number of methoxy groups -OCH3 is 1. The highest BCUT2D eigenvalue weighted by Crippen LogP contribution is 2.25. The first-order chi connectivity index (χ1) is 10.7. The van der Waals surface area contributed by atoms with Gasteiger partial charge in [0.25, 0.3) is 0 Å². The van der Waals surface area contributed by atoms with Gasteiger partial charge < -0.3 is 9.47 Å². The molecule has 0 aliphatic rings. The normalized spacial score (nSPS) is 10.8. The second-order valence-corrected chi connectivity index (χ2v) is 4.98. The highest BCUT2D eigenvalue weighted by molar-refractivity contribution is 5.75. The van der Waals surface area contributed by atoms with Gasteiger partial charge in [0.05, 0.1) is 24.7 Å². The van der Waals surface area contributed by atoms with E-state index in [2.05, 4.69) is 0 Å². The maximum Gasteiger partial charge on any atom is 0.328 e. The van der Waals surface area contributed by atoms with Crippen LogP contribution in [0.4, 0.5) is 0 Å². The molecule has 0 saturated heterocycles. The van der Waals surface area contributed by atoms with Crippen LogP contribution in [-0.2, 0) is 13.6 Å². The Morgan fingerprint density at radius 2 is 1.59 bits per heavy atom. The number of nitrogens with zero attached hydrogens (tertiary/aromatic N) is 2. The second kappa shape index (κ2) is 5.97. The lowest BCUT2D eigenvalue weighted by atomic mass is 10.3. The summed E-state index contributed by atoms with van der Waals surface area (Å²) in [6.45, 7) is 0.881. The van der Waals surface area contributed by atoms with E-state index in [-0.39, 0.29) is 5.69 Å². The summed E-state index contributed by atoms with van der Waals surface area (Å²) in [6.07, 6.45) is 0. The number of aryl methyl sites for hydroxylation is 1. The number of hydrogen-bond donors (Lipinski definition) is 0. The molecule has 1 heterocycles. The number of rotatable bonds is 5. The molecule has 3 aromatic rings. The molecule has 0 aliphatic carbocycles. The average molecular weight is 298 g/mol. The van der Waals surface area contributed by atoms with Crippen LogP contribution >= 0.6 is 0 Å². The largest absolute Gasteiger partial charge is 0.493 e. The second-order valence-electron chi connectivity index (χ2n) is 4.98. The zero-order valence-electron chi connectivity index (χ0n) is 12.7. The summed E-state index contributed by atoms with van der Waals surface area (Å²) in [7, 11) is 3.39. The molecule has 0 spiro atoms. The predicted octanol–water partition coefficient (Wildman–Crippen LogP) is 2.43. The maximum absolute atomic E-state index is 12.3. The molecule has 0 radical (unpaired) electrons. The molecular weight excluding hydrogens is 280 g/mol. The Morgan fingerprint density at radius 1 is 0.955 bits per heavy atom. The first-order valence-corrected chi connectivity index (χ1v) is 7.12. The van der Waals surface area contributed by atoms with E-state index in [1.807, 2.05) is 48.5 Å². The molecule has 0 N–H and O–H groups in total.